The first kappa shape index (κ1) is 23.1. The molecule has 1 heterocycles. The van der Waals surface area contributed by atoms with Crippen LogP contribution in [0.25, 0.3) is 0 Å². The van der Waals surface area contributed by atoms with Crippen LogP contribution >= 0.6 is 0 Å². The molecule has 2 aromatic carbocycles. The third-order valence-electron chi connectivity index (χ3n) is 5.09. The first-order valence-corrected chi connectivity index (χ1v) is 10.0. The summed E-state index contributed by atoms with van der Waals surface area (Å²) in [6, 6.07) is 12.1. The number of halogens is 3. The molecular weight excluding hydrogens is 411 g/mol. The van der Waals surface area contributed by atoms with Gasteiger partial charge in [0.05, 0.1) is 12.2 Å². The predicted molar refractivity (Wildman–Crippen MR) is 111 cm³/mol. The van der Waals surface area contributed by atoms with Crippen LogP contribution in [0.15, 0.2) is 48.5 Å². The highest BCUT2D eigenvalue weighted by Crippen LogP contribution is 2.34. The van der Waals surface area contributed by atoms with Gasteiger partial charge in [-0.2, -0.15) is 13.2 Å². The second kappa shape index (κ2) is 10.6. The summed E-state index contributed by atoms with van der Waals surface area (Å²) in [7, 11) is 1.65. The van der Waals surface area contributed by atoms with E-state index in [0.717, 1.165) is 25.7 Å². The molecular formula is C22H26F3N3O3. The van der Waals surface area contributed by atoms with E-state index in [1.54, 1.807) is 37.4 Å². The monoisotopic (exact) mass is 437 g/mol. The minimum atomic E-state index is -4.53. The lowest BCUT2D eigenvalue weighted by Crippen LogP contribution is -2.46. The Hall–Kier alpha value is -2.62. The van der Waals surface area contributed by atoms with E-state index in [4.69, 9.17) is 9.47 Å². The fourth-order valence-electron chi connectivity index (χ4n) is 3.43. The topological polar surface area (TPSA) is 54.0 Å². The van der Waals surface area contributed by atoms with Crippen LogP contribution < -0.4 is 10.1 Å². The van der Waals surface area contributed by atoms with Crippen molar-refractivity contribution in [3.8, 4) is 5.75 Å². The number of benzene rings is 2. The standard InChI is InChI=1S/C22H26F3N3O3/c1-30-14-13-27-9-11-28(12-10-27)16-17-7-8-18(15-20(17)22(23,24)25)26-21(29)31-19-5-3-2-4-6-19/h2-8,15H,9-14,16H2,1H3,(H,26,29). The van der Waals surface area contributed by atoms with Gasteiger partial charge in [0.1, 0.15) is 5.75 Å². The zero-order chi connectivity index (χ0) is 22.3. The Morgan fingerprint density at radius 1 is 1.03 bits per heavy atom. The van der Waals surface area contributed by atoms with E-state index in [-0.39, 0.29) is 17.8 Å². The fraction of sp³-hybridized carbons (Fsp3) is 0.409. The van der Waals surface area contributed by atoms with Gasteiger partial charge in [0.25, 0.3) is 0 Å². The Morgan fingerprint density at radius 2 is 1.71 bits per heavy atom. The molecule has 0 bridgehead atoms. The van der Waals surface area contributed by atoms with Crippen LogP contribution in [-0.2, 0) is 17.5 Å². The number of hydrogen-bond acceptors (Lipinski definition) is 5. The van der Waals surface area contributed by atoms with Gasteiger partial charge in [0.15, 0.2) is 0 Å². The molecule has 168 valence electrons. The van der Waals surface area contributed by atoms with E-state index in [9.17, 15) is 18.0 Å². The van der Waals surface area contributed by atoms with Crippen LogP contribution in [0.3, 0.4) is 0 Å². The Morgan fingerprint density at radius 3 is 2.35 bits per heavy atom. The summed E-state index contributed by atoms with van der Waals surface area (Å²) < 4.78 is 51.2. The SMILES string of the molecule is COCCN1CCN(Cc2ccc(NC(=O)Oc3ccccc3)cc2C(F)(F)F)CC1. The van der Waals surface area contributed by atoms with Crippen molar-refractivity contribution in [1.29, 1.82) is 0 Å². The highest BCUT2D eigenvalue weighted by Gasteiger charge is 2.34. The average molecular weight is 437 g/mol. The summed E-state index contributed by atoms with van der Waals surface area (Å²) in [5.41, 5.74) is -0.548. The molecule has 1 amide bonds. The molecule has 1 aliphatic rings. The summed E-state index contributed by atoms with van der Waals surface area (Å²) in [4.78, 5) is 16.3. The lowest BCUT2D eigenvalue weighted by atomic mass is 10.0. The number of nitrogens with one attached hydrogen (secondary N) is 1. The largest absolute Gasteiger partial charge is 0.417 e. The lowest BCUT2D eigenvalue weighted by Gasteiger charge is -2.35. The molecule has 3 rings (SSSR count). The number of carbonyl (C=O) groups is 1. The van der Waals surface area contributed by atoms with E-state index in [1.807, 2.05) is 4.90 Å². The van der Waals surface area contributed by atoms with Crippen molar-refractivity contribution in [1.82, 2.24) is 9.80 Å². The first-order valence-electron chi connectivity index (χ1n) is 10.0. The molecule has 1 aliphatic heterocycles. The van der Waals surface area contributed by atoms with Gasteiger partial charge in [-0.3, -0.25) is 15.1 Å². The van der Waals surface area contributed by atoms with Gasteiger partial charge in [0.2, 0.25) is 0 Å². The number of methoxy groups -OCH3 is 1. The van der Waals surface area contributed by atoms with Crippen molar-refractivity contribution in [3.63, 3.8) is 0 Å². The minimum absolute atomic E-state index is 0.0291. The zero-order valence-corrected chi connectivity index (χ0v) is 17.3. The van der Waals surface area contributed by atoms with Crippen LogP contribution in [0.1, 0.15) is 11.1 Å². The molecule has 0 unspecified atom stereocenters. The number of amides is 1. The van der Waals surface area contributed by atoms with Crippen LogP contribution in [-0.4, -0.2) is 62.3 Å². The molecule has 1 saturated heterocycles. The minimum Gasteiger partial charge on any atom is -0.410 e. The van der Waals surface area contributed by atoms with E-state index >= 15 is 0 Å². The van der Waals surface area contributed by atoms with Crippen molar-refractivity contribution in [2.75, 3.05) is 51.8 Å². The smallest absolute Gasteiger partial charge is 0.410 e. The second-order valence-electron chi connectivity index (χ2n) is 7.31. The van der Waals surface area contributed by atoms with Crippen LogP contribution in [0.5, 0.6) is 5.75 Å². The lowest BCUT2D eigenvalue weighted by molar-refractivity contribution is -0.138. The van der Waals surface area contributed by atoms with Crippen molar-refractivity contribution in [2.45, 2.75) is 12.7 Å². The van der Waals surface area contributed by atoms with Crippen LogP contribution in [0, 0.1) is 0 Å². The number of carbonyl (C=O) groups excluding carboxylic acids is 1. The number of alkyl halides is 3. The predicted octanol–water partition coefficient (Wildman–Crippen LogP) is 4.08. The highest BCUT2D eigenvalue weighted by atomic mass is 19.4. The Kier molecular flexibility index (Phi) is 7.89. The van der Waals surface area contributed by atoms with Gasteiger partial charge in [0, 0.05) is 52.1 Å². The Labute approximate surface area is 179 Å². The molecule has 31 heavy (non-hydrogen) atoms. The molecule has 1 fully saturated rings. The molecule has 0 radical (unpaired) electrons. The normalized spacial score (nSPS) is 15.6. The van der Waals surface area contributed by atoms with Gasteiger partial charge >= 0.3 is 12.3 Å². The van der Waals surface area contributed by atoms with Crippen LogP contribution in [0.2, 0.25) is 0 Å². The summed E-state index contributed by atoms with van der Waals surface area (Å²) in [5.74, 6) is 0.303. The van der Waals surface area contributed by atoms with Gasteiger partial charge in [-0.15, -0.1) is 0 Å². The van der Waals surface area contributed by atoms with Gasteiger partial charge in [-0.1, -0.05) is 24.3 Å². The number of rotatable bonds is 7. The highest BCUT2D eigenvalue weighted by molar-refractivity contribution is 5.86. The van der Waals surface area contributed by atoms with Crippen molar-refractivity contribution < 1.29 is 27.4 Å². The average Bonchev–Trinajstić information content (AvgIpc) is 2.74. The number of piperazine rings is 1. The molecule has 0 aromatic heterocycles. The molecule has 0 atom stereocenters. The van der Waals surface area contributed by atoms with Crippen LogP contribution in [0.4, 0.5) is 23.7 Å². The quantitative estimate of drug-likeness (QED) is 0.708. The molecule has 2 aromatic rings. The van der Waals surface area contributed by atoms with E-state index in [0.29, 0.717) is 25.4 Å². The van der Waals surface area contributed by atoms with E-state index in [2.05, 4.69) is 10.2 Å². The third kappa shape index (κ3) is 6.95. The molecule has 0 saturated carbocycles. The van der Waals surface area contributed by atoms with Crippen molar-refractivity contribution in [3.05, 3.63) is 59.7 Å². The molecule has 0 spiro atoms. The Bertz CT molecular complexity index is 854. The Balaban J connectivity index is 1.64. The number of ether oxygens (including phenoxy) is 2. The summed E-state index contributed by atoms with van der Waals surface area (Å²) in [5, 5.41) is 2.37. The maximum absolute atomic E-state index is 13.7. The summed E-state index contributed by atoms with van der Waals surface area (Å²) in [6.45, 7) is 4.60. The number of para-hydroxylation sites is 1. The number of hydrogen-bond donors (Lipinski definition) is 1. The maximum Gasteiger partial charge on any atom is 0.417 e. The number of anilines is 1. The van der Waals surface area contributed by atoms with Gasteiger partial charge < -0.3 is 9.47 Å². The van der Waals surface area contributed by atoms with Gasteiger partial charge in [-0.05, 0) is 29.8 Å². The molecule has 0 aliphatic carbocycles. The fourth-order valence-corrected chi connectivity index (χ4v) is 3.43. The summed E-state index contributed by atoms with van der Waals surface area (Å²) >= 11 is 0. The third-order valence-corrected chi connectivity index (χ3v) is 5.09. The maximum atomic E-state index is 13.7. The van der Waals surface area contributed by atoms with Crippen molar-refractivity contribution in [2.24, 2.45) is 0 Å². The van der Waals surface area contributed by atoms with Gasteiger partial charge in [-0.25, -0.2) is 4.79 Å². The zero-order valence-electron chi connectivity index (χ0n) is 17.3. The molecule has 6 nitrogen and oxygen atoms in total. The molecule has 9 heteroatoms. The van der Waals surface area contributed by atoms with Crippen molar-refractivity contribution >= 4 is 11.8 Å². The van der Waals surface area contributed by atoms with E-state index in [1.165, 1.54) is 12.1 Å². The second-order valence-corrected chi connectivity index (χ2v) is 7.31. The van der Waals surface area contributed by atoms with E-state index < -0.39 is 17.8 Å². The summed E-state index contributed by atoms with van der Waals surface area (Å²) in [6.07, 6.45) is -5.38. The first-order chi connectivity index (χ1) is 14.8. The number of nitrogens with zero attached hydrogens (tertiary/aromatic N) is 2. The molecule has 1 N–H and O–H groups in total.